The van der Waals surface area contributed by atoms with Crippen molar-refractivity contribution in [1.29, 1.82) is 0 Å². The Morgan fingerprint density at radius 1 is 0.800 bits per heavy atom. The Bertz CT molecular complexity index is 1330. The maximum Gasteiger partial charge on any atom is 0.231 e. The maximum absolute atomic E-state index is 4.66. The molecule has 0 fully saturated rings. The molecule has 0 amide bonds. The van der Waals surface area contributed by atoms with E-state index >= 15 is 0 Å². The second-order valence-corrected chi connectivity index (χ2v) is 7.93. The molecule has 4 aromatic rings. The number of benzene rings is 3. The van der Waals surface area contributed by atoms with E-state index in [-0.39, 0.29) is 0 Å². The first-order chi connectivity index (χ1) is 14.6. The smallest absolute Gasteiger partial charge is 0.231 e. The van der Waals surface area contributed by atoms with Crippen LogP contribution >= 0.6 is 0 Å². The molecule has 4 heteroatoms. The summed E-state index contributed by atoms with van der Waals surface area (Å²) in [7, 11) is 0. The molecule has 3 aromatic carbocycles. The Balaban J connectivity index is 1.44. The fraction of sp³-hybridized carbons (Fsp3) is 0.154. The minimum absolute atomic E-state index is 0.666. The number of aryl methyl sites for hydroxylation is 3. The summed E-state index contributed by atoms with van der Waals surface area (Å²) in [6.07, 6.45) is 1.93. The zero-order valence-corrected chi connectivity index (χ0v) is 17.4. The van der Waals surface area contributed by atoms with Crippen molar-refractivity contribution >= 4 is 22.2 Å². The van der Waals surface area contributed by atoms with Gasteiger partial charge in [-0.05, 0) is 55.5 Å². The molecule has 1 aromatic heterocycles. The highest BCUT2D eigenvalue weighted by Crippen LogP contribution is 2.27. The van der Waals surface area contributed by atoms with Crippen molar-refractivity contribution < 1.29 is 4.70 Å². The van der Waals surface area contributed by atoms with Gasteiger partial charge in [0.25, 0.3) is 0 Å². The summed E-state index contributed by atoms with van der Waals surface area (Å²) in [6.45, 7) is 7.08. The molecule has 5 rings (SSSR count). The van der Waals surface area contributed by atoms with E-state index in [4.69, 9.17) is 0 Å². The number of aromatic nitrogens is 1. The van der Waals surface area contributed by atoms with Gasteiger partial charge in [-0.15, -0.1) is 4.70 Å². The Morgan fingerprint density at radius 2 is 1.57 bits per heavy atom. The Labute approximate surface area is 176 Å². The Kier molecular flexibility index (Phi) is 4.47. The average molecular weight is 391 g/mol. The van der Waals surface area contributed by atoms with E-state index < -0.39 is 0 Å². The van der Waals surface area contributed by atoms with Crippen molar-refractivity contribution in [2.24, 2.45) is 10.3 Å². The average Bonchev–Trinajstić information content (AvgIpc) is 3.22. The lowest BCUT2D eigenvalue weighted by Gasteiger charge is -2.08. The van der Waals surface area contributed by atoms with E-state index in [1.165, 1.54) is 27.6 Å². The molecule has 0 radical (unpaired) electrons. The van der Waals surface area contributed by atoms with Gasteiger partial charge < -0.3 is 0 Å². The molecule has 0 bridgehead atoms. The molecule has 1 aliphatic rings. The molecule has 0 N–H and O–H groups in total. The van der Waals surface area contributed by atoms with E-state index in [0.717, 1.165) is 28.0 Å². The monoisotopic (exact) mass is 391 g/mol. The summed E-state index contributed by atoms with van der Waals surface area (Å²) in [4.78, 5) is 4.66. The van der Waals surface area contributed by atoms with E-state index in [9.17, 15) is 0 Å². The molecule has 0 spiro atoms. The highest BCUT2D eigenvalue weighted by atomic mass is 15.5. The molecule has 30 heavy (non-hydrogen) atoms. The number of nitrogens with zero attached hydrogens (tertiary/aromatic N) is 4. The second kappa shape index (κ2) is 7.30. The standard InChI is InChI=1S/C26H23N4/c1-17-11-18(2)26(19(3)12-17)25-16-30(29-28-25)23-10-6-9-21(13-23)24-14-20-7-4-5-8-22(20)15-27-24/h4-15H,16H2,1-3H3/q+1. The highest BCUT2D eigenvalue weighted by Gasteiger charge is 2.26. The van der Waals surface area contributed by atoms with Gasteiger partial charge in [-0.25, -0.2) is 0 Å². The summed E-state index contributed by atoms with van der Waals surface area (Å²) < 4.78 is 1.96. The first-order valence-corrected chi connectivity index (χ1v) is 10.2. The quantitative estimate of drug-likeness (QED) is 0.376. The third-order valence-electron chi connectivity index (χ3n) is 5.61. The van der Waals surface area contributed by atoms with E-state index in [1.54, 1.807) is 0 Å². The fourth-order valence-electron chi connectivity index (χ4n) is 4.29. The van der Waals surface area contributed by atoms with Gasteiger partial charge in [-0.3, -0.25) is 4.98 Å². The van der Waals surface area contributed by atoms with Crippen molar-refractivity contribution in [3.8, 4) is 11.3 Å². The number of fused-ring (bicyclic) bond motifs is 1. The first-order valence-electron chi connectivity index (χ1n) is 10.2. The van der Waals surface area contributed by atoms with Gasteiger partial charge in [-0.2, -0.15) is 0 Å². The van der Waals surface area contributed by atoms with Gasteiger partial charge in [0.1, 0.15) is 5.22 Å². The Hall–Kier alpha value is -3.66. The van der Waals surface area contributed by atoms with Gasteiger partial charge >= 0.3 is 0 Å². The van der Waals surface area contributed by atoms with Gasteiger partial charge in [0.2, 0.25) is 5.71 Å². The van der Waals surface area contributed by atoms with Gasteiger partial charge in [-0.1, -0.05) is 54.1 Å². The lowest BCUT2D eigenvalue weighted by Crippen LogP contribution is -2.14. The summed E-state index contributed by atoms with van der Waals surface area (Å²) in [5.74, 6) is 0. The minimum Gasteiger partial charge on any atom is -0.256 e. The molecule has 0 saturated carbocycles. The van der Waals surface area contributed by atoms with Crippen molar-refractivity contribution in [3.05, 3.63) is 95.2 Å². The van der Waals surface area contributed by atoms with Gasteiger partial charge in [0.05, 0.1) is 10.8 Å². The molecule has 0 saturated heterocycles. The van der Waals surface area contributed by atoms with Gasteiger partial charge in [0.15, 0.2) is 12.2 Å². The van der Waals surface area contributed by atoms with Crippen LogP contribution in [0.5, 0.6) is 0 Å². The van der Waals surface area contributed by atoms with Crippen LogP contribution in [0.4, 0.5) is 5.69 Å². The summed E-state index contributed by atoms with van der Waals surface area (Å²) in [5, 5.41) is 11.3. The number of hydrogen-bond acceptors (Lipinski definition) is 3. The van der Waals surface area contributed by atoms with Gasteiger partial charge in [0, 0.05) is 22.7 Å². The highest BCUT2D eigenvalue weighted by molar-refractivity contribution is 6.04. The molecule has 4 nitrogen and oxygen atoms in total. The summed E-state index contributed by atoms with van der Waals surface area (Å²) >= 11 is 0. The van der Waals surface area contributed by atoms with E-state index in [2.05, 4.69) is 96.7 Å². The molecular weight excluding hydrogens is 368 g/mol. The lowest BCUT2D eigenvalue weighted by atomic mass is 9.96. The third-order valence-corrected chi connectivity index (χ3v) is 5.61. The third kappa shape index (κ3) is 3.30. The van der Waals surface area contributed by atoms with Crippen LogP contribution in [0.2, 0.25) is 0 Å². The van der Waals surface area contributed by atoms with Crippen LogP contribution in [0.1, 0.15) is 22.3 Å². The van der Waals surface area contributed by atoms with Crippen molar-refractivity contribution in [1.82, 2.24) is 4.98 Å². The van der Waals surface area contributed by atoms with Crippen molar-refractivity contribution in [2.75, 3.05) is 6.54 Å². The predicted octanol–water partition coefficient (Wildman–Crippen LogP) is 6.34. The van der Waals surface area contributed by atoms with Crippen molar-refractivity contribution in [3.63, 3.8) is 0 Å². The lowest BCUT2D eigenvalue weighted by molar-refractivity contribution is -0.492. The number of hydrogen-bond donors (Lipinski definition) is 0. The van der Waals surface area contributed by atoms with Crippen molar-refractivity contribution in [2.45, 2.75) is 20.8 Å². The SMILES string of the molecule is Cc1cc(C)c(C2=NN=[N+](c3cccc(-c4cc5ccccc5cn4)c3)C2)c(C)c1. The van der Waals surface area contributed by atoms with Crippen LogP contribution in [0, 0.1) is 20.8 Å². The largest absolute Gasteiger partial charge is 0.256 e. The second-order valence-electron chi connectivity index (χ2n) is 7.93. The van der Waals surface area contributed by atoms with Crippen LogP contribution < -0.4 is 0 Å². The molecule has 0 unspecified atom stereocenters. The zero-order valence-electron chi connectivity index (χ0n) is 17.4. The number of rotatable bonds is 3. The van der Waals surface area contributed by atoms with Crippen LogP contribution in [0.3, 0.4) is 0 Å². The summed E-state index contributed by atoms with van der Waals surface area (Å²) in [5.41, 5.74) is 9.04. The zero-order chi connectivity index (χ0) is 20.7. The molecule has 146 valence electrons. The number of pyridine rings is 1. The molecule has 0 aliphatic carbocycles. The van der Waals surface area contributed by atoms with Crippen LogP contribution in [0.15, 0.2) is 83.3 Å². The molecule has 2 heterocycles. The normalized spacial score (nSPS) is 13.4. The molecule has 0 atom stereocenters. The predicted molar refractivity (Wildman–Crippen MR) is 122 cm³/mol. The first kappa shape index (κ1) is 18.4. The Morgan fingerprint density at radius 3 is 2.37 bits per heavy atom. The molecule has 1 aliphatic heterocycles. The summed E-state index contributed by atoms with van der Waals surface area (Å²) in [6, 6.07) is 23.2. The van der Waals surface area contributed by atoms with Crippen LogP contribution in [0.25, 0.3) is 22.0 Å². The maximum atomic E-state index is 4.66. The van der Waals surface area contributed by atoms with E-state index in [0.29, 0.717) is 6.54 Å². The topological polar surface area (TPSA) is 40.6 Å². The van der Waals surface area contributed by atoms with Crippen LogP contribution in [-0.2, 0) is 0 Å². The molecular formula is C26H23N4+. The fourth-order valence-corrected chi connectivity index (χ4v) is 4.29. The van der Waals surface area contributed by atoms with E-state index in [1.807, 2.05) is 17.0 Å². The van der Waals surface area contributed by atoms with Crippen LogP contribution in [-0.4, -0.2) is 21.9 Å². The minimum atomic E-state index is 0.666.